The number of imidazole rings is 1. The van der Waals surface area contributed by atoms with Crippen LogP contribution in [0.1, 0.15) is 25.7 Å². The van der Waals surface area contributed by atoms with Gasteiger partial charge in [0.2, 0.25) is 5.92 Å². The molecule has 0 unspecified atom stereocenters. The first-order chi connectivity index (χ1) is 9.05. The highest BCUT2D eigenvalue weighted by Crippen LogP contribution is 2.36. The average molecular weight is 267 g/mol. The van der Waals surface area contributed by atoms with Crippen molar-refractivity contribution >= 4 is 11.2 Å². The molecule has 0 atom stereocenters. The first-order valence-electron chi connectivity index (χ1n) is 6.46. The first-order valence-corrected chi connectivity index (χ1v) is 6.46. The molecule has 1 aliphatic carbocycles. The Bertz CT molecular complexity index is 637. The fourth-order valence-electron chi connectivity index (χ4n) is 2.71. The Balaban J connectivity index is 1.83. The number of alkyl halides is 2. The van der Waals surface area contributed by atoms with Gasteiger partial charge >= 0.3 is 5.69 Å². The maximum absolute atomic E-state index is 13.1. The SMILES string of the molecule is O=c1[nH]c2ncccc2n1CC1CCC(F)(F)CC1. The third-order valence-corrected chi connectivity index (χ3v) is 3.83. The number of aromatic nitrogens is 3. The third kappa shape index (κ3) is 2.39. The van der Waals surface area contributed by atoms with E-state index in [1.807, 2.05) is 6.07 Å². The molecule has 1 N–H and O–H groups in total. The average Bonchev–Trinajstić information content (AvgIpc) is 2.69. The van der Waals surface area contributed by atoms with E-state index in [0.717, 1.165) is 5.52 Å². The maximum Gasteiger partial charge on any atom is 0.327 e. The number of aromatic amines is 1. The fourth-order valence-corrected chi connectivity index (χ4v) is 2.71. The highest BCUT2D eigenvalue weighted by molar-refractivity contribution is 5.70. The molecule has 4 nitrogen and oxygen atoms in total. The molecule has 0 spiro atoms. The van der Waals surface area contributed by atoms with Crippen molar-refractivity contribution in [1.82, 2.24) is 14.5 Å². The summed E-state index contributed by atoms with van der Waals surface area (Å²) >= 11 is 0. The second-order valence-corrected chi connectivity index (χ2v) is 5.21. The van der Waals surface area contributed by atoms with Crippen LogP contribution in [0.4, 0.5) is 8.78 Å². The summed E-state index contributed by atoms with van der Waals surface area (Å²) < 4.78 is 27.8. The summed E-state index contributed by atoms with van der Waals surface area (Å²) in [6, 6.07) is 3.58. The van der Waals surface area contributed by atoms with Crippen LogP contribution in [-0.4, -0.2) is 20.5 Å². The zero-order valence-corrected chi connectivity index (χ0v) is 10.4. The van der Waals surface area contributed by atoms with Gasteiger partial charge in [-0.2, -0.15) is 0 Å². The molecular formula is C13H15F2N3O. The molecule has 3 rings (SSSR count). The lowest BCUT2D eigenvalue weighted by atomic mass is 9.87. The first kappa shape index (κ1) is 12.3. The van der Waals surface area contributed by atoms with Crippen molar-refractivity contribution in [2.75, 3.05) is 0 Å². The lowest BCUT2D eigenvalue weighted by Gasteiger charge is -2.28. The van der Waals surface area contributed by atoms with Crippen molar-refractivity contribution in [2.45, 2.75) is 38.2 Å². The van der Waals surface area contributed by atoms with E-state index in [2.05, 4.69) is 9.97 Å². The lowest BCUT2D eigenvalue weighted by molar-refractivity contribution is -0.0472. The fraction of sp³-hybridized carbons (Fsp3) is 0.538. The molecule has 6 heteroatoms. The van der Waals surface area contributed by atoms with Gasteiger partial charge in [-0.25, -0.2) is 18.6 Å². The van der Waals surface area contributed by atoms with E-state index in [-0.39, 0.29) is 24.4 Å². The highest BCUT2D eigenvalue weighted by atomic mass is 19.3. The molecule has 102 valence electrons. The van der Waals surface area contributed by atoms with E-state index >= 15 is 0 Å². The van der Waals surface area contributed by atoms with E-state index in [0.29, 0.717) is 25.0 Å². The molecule has 0 bridgehead atoms. The van der Waals surface area contributed by atoms with Gasteiger partial charge < -0.3 is 0 Å². The van der Waals surface area contributed by atoms with E-state index in [1.165, 1.54) is 0 Å². The van der Waals surface area contributed by atoms with Crippen LogP contribution >= 0.6 is 0 Å². The zero-order chi connectivity index (χ0) is 13.5. The van der Waals surface area contributed by atoms with Gasteiger partial charge in [-0.1, -0.05) is 0 Å². The van der Waals surface area contributed by atoms with Gasteiger partial charge in [-0.3, -0.25) is 9.55 Å². The van der Waals surface area contributed by atoms with Crippen LogP contribution in [-0.2, 0) is 6.54 Å². The van der Waals surface area contributed by atoms with Crippen molar-refractivity contribution in [2.24, 2.45) is 5.92 Å². The quantitative estimate of drug-likeness (QED) is 0.909. The largest absolute Gasteiger partial charge is 0.327 e. The molecule has 2 aromatic rings. The monoisotopic (exact) mass is 267 g/mol. The van der Waals surface area contributed by atoms with Crippen molar-refractivity contribution in [1.29, 1.82) is 0 Å². The van der Waals surface area contributed by atoms with Gasteiger partial charge in [0.15, 0.2) is 5.65 Å². The summed E-state index contributed by atoms with van der Waals surface area (Å²) in [7, 11) is 0. The van der Waals surface area contributed by atoms with Gasteiger partial charge in [0.1, 0.15) is 0 Å². The number of pyridine rings is 1. The molecule has 1 fully saturated rings. The molecular weight excluding hydrogens is 252 g/mol. The highest BCUT2D eigenvalue weighted by Gasteiger charge is 2.35. The molecule has 0 aromatic carbocycles. The van der Waals surface area contributed by atoms with Crippen LogP contribution in [0.2, 0.25) is 0 Å². The second-order valence-electron chi connectivity index (χ2n) is 5.21. The van der Waals surface area contributed by atoms with E-state index in [9.17, 15) is 13.6 Å². The Morgan fingerprint density at radius 1 is 1.42 bits per heavy atom. The smallest absolute Gasteiger partial charge is 0.290 e. The number of nitrogens with one attached hydrogen (secondary N) is 1. The van der Waals surface area contributed by atoms with Crippen LogP contribution in [0.15, 0.2) is 23.1 Å². The van der Waals surface area contributed by atoms with E-state index < -0.39 is 5.92 Å². The lowest BCUT2D eigenvalue weighted by Crippen LogP contribution is -2.29. The van der Waals surface area contributed by atoms with E-state index in [1.54, 1.807) is 16.8 Å². The van der Waals surface area contributed by atoms with Gasteiger partial charge in [0, 0.05) is 25.6 Å². The predicted molar refractivity (Wildman–Crippen MR) is 67.3 cm³/mol. The maximum atomic E-state index is 13.1. The van der Waals surface area contributed by atoms with Crippen molar-refractivity contribution in [3.63, 3.8) is 0 Å². The Labute approximate surface area is 108 Å². The third-order valence-electron chi connectivity index (χ3n) is 3.83. The topological polar surface area (TPSA) is 50.7 Å². The predicted octanol–water partition coefficient (Wildman–Crippen LogP) is 2.55. The standard InChI is InChI=1S/C13H15F2N3O/c14-13(15)5-3-9(4-6-13)8-18-10-2-1-7-16-11(10)17-12(18)19/h1-2,7,9H,3-6,8H2,(H,16,17,19). The molecule has 1 saturated carbocycles. The molecule has 0 aliphatic heterocycles. The molecule has 2 aromatic heterocycles. The van der Waals surface area contributed by atoms with Crippen LogP contribution in [0, 0.1) is 5.92 Å². The minimum atomic E-state index is -2.52. The number of hydrogen-bond donors (Lipinski definition) is 1. The van der Waals surface area contributed by atoms with Gasteiger partial charge in [0.25, 0.3) is 0 Å². The molecule has 0 radical (unpaired) electrons. The van der Waals surface area contributed by atoms with E-state index in [4.69, 9.17) is 0 Å². The van der Waals surface area contributed by atoms with Crippen molar-refractivity contribution < 1.29 is 8.78 Å². The number of H-pyrrole nitrogens is 1. The minimum absolute atomic E-state index is 0.0764. The van der Waals surface area contributed by atoms with Crippen LogP contribution < -0.4 is 5.69 Å². The van der Waals surface area contributed by atoms with Gasteiger partial charge in [-0.05, 0) is 30.9 Å². The van der Waals surface area contributed by atoms with Crippen LogP contribution in [0.25, 0.3) is 11.2 Å². The zero-order valence-electron chi connectivity index (χ0n) is 10.4. The molecule has 0 saturated heterocycles. The summed E-state index contributed by atoms with van der Waals surface area (Å²) in [5.74, 6) is -2.39. The number of rotatable bonds is 2. The molecule has 0 amide bonds. The number of halogens is 2. The summed E-state index contributed by atoms with van der Waals surface area (Å²) in [6.45, 7) is 0.487. The minimum Gasteiger partial charge on any atom is -0.290 e. The Morgan fingerprint density at radius 3 is 2.89 bits per heavy atom. The molecule has 19 heavy (non-hydrogen) atoms. The van der Waals surface area contributed by atoms with Crippen LogP contribution in [0.5, 0.6) is 0 Å². The number of nitrogens with zero attached hydrogens (tertiary/aromatic N) is 2. The summed E-state index contributed by atoms with van der Waals surface area (Å²) in [5, 5.41) is 0. The Kier molecular flexibility index (Phi) is 2.88. The van der Waals surface area contributed by atoms with Crippen LogP contribution in [0.3, 0.4) is 0 Å². The number of hydrogen-bond acceptors (Lipinski definition) is 2. The summed E-state index contributed by atoms with van der Waals surface area (Å²) in [6.07, 6.45) is 2.39. The Hall–Kier alpha value is -1.72. The van der Waals surface area contributed by atoms with Crippen molar-refractivity contribution in [3.05, 3.63) is 28.8 Å². The summed E-state index contributed by atoms with van der Waals surface area (Å²) in [4.78, 5) is 18.6. The van der Waals surface area contributed by atoms with Gasteiger partial charge in [-0.15, -0.1) is 0 Å². The van der Waals surface area contributed by atoms with Crippen molar-refractivity contribution in [3.8, 4) is 0 Å². The number of fused-ring (bicyclic) bond motifs is 1. The molecule has 1 aliphatic rings. The second kappa shape index (κ2) is 4.43. The summed E-state index contributed by atoms with van der Waals surface area (Å²) in [5.41, 5.74) is 1.07. The normalized spacial score (nSPS) is 19.9. The Morgan fingerprint density at radius 2 is 2.16 bits per heavy atom. The van der Waals surface area contributed by atoms with Gasteiger partial charge in [0.05, 0.1) is 5.52 Å². The molecule has 2 heterocycles.